The van der Waals surface area contributed by atoms with Gasteiger partial charge in [0.25, 0.3) is 0 Å². The second-order valence-electron chi connectivity index (χ2n) is 9.81. The van der Waals surface area contributed by atoms with Crippen molar-refractivity contribution in [1.29, 1.82) is 0 Å². The van der Waals surface area contributed by atoms with Gasteiger partial charge < -0.3 is 15.8 Å². The van der Waals surface area contributed by atoms with Crippen LogP contribution in [-0.2, 0) is 6.42 Å². The molecule has 0 bridgehead atoms. The number of fused-ring (bicyclic) bond motifs is 5. The third kappa shape index (κ3) is 3.73. The Morgan fingerprint density at radius 1 is 1.11 bits per heavy atom. The number of methoxy groups -OCH3 is 1. The van der Waals surface area contributed by atoms with Crippen LogP contribution in [0.4, 0.5) is 0 Å². The first-order valence-electron chi connectivity index (χ1n) is 11.8. The predicted octanol–water partition coefficient (Wildman–Crippen LogP) is 5.03. The molecule has 3 nitrogen and oxygen atoms in total. The Labute approximate surface area is 171 Å². The number of nitrogens with one attached hydrogen (secondary N) is 1. The van der Waals surface area contributed by atoms with Crippen molar-refractivity contribution in [3.05, 3.63) is 29.3 Å². The van der Waals surface area contributed by atoms with Gasteiger partial charge in [0.1, 0.15) is 5.75 Å². The lowest BCUT2D eigenvalue weighted by atomic mass is 9.55. The van der Waals surface area contributed by atoms with Crippen LogP contribution in [-0.4, -0.2) is 26.2 Å². The lowest BCUT2D eigenvalue weighted by Crippen LogP contribution is -2.48. The molecule has 3 N–H and O–H groups in total. The van der Waals surface area contributed by atoms with E-state index in [1.807, 2.05) is 0 Å². The number of ether oxygens (including phenoxy) is 1. The van der Waals surface area contributed by atoms with Crippen LogP contribution in [0.5, 0.6) is 5.75 Å². The summed E-state index contributed by atoms with van der Waals surface area (Å²) in [4.78, 5) is 0. The van der Waals surface area contributed by atoms with Crippen LogP contribution < -0.4 is 15.8 Å². The molecule has 0 spiro atoms. The Kier molecular flexibility index (Phi) is 6.32. The van der Waals surface area contributed by atoms with E-state index in [4.69, 9.17) is 10.5 Å². The monoisotopic (exact) mass is 384 g/mol. The van der Waals surface area contributed by atoms with E-state index in [0.717, 1.165) is 36.1 Å². The third-order valence-corrected chi connectivity index (χ3v) is 8.46. The number of nitrogens with two attached hydrogens (primary N) is 1. The van der Waals surface area contributed by atoms with Gasteiger partial charge in [0.05, 0.1) is 7.11 Å². The lowest BCUT2D eigenvalue weighted by Gasteiger charge is -2.51. The molecule has 0 radical (unpaired) electrons. The quantitative estimate of drug-likeness (QED) is 0.618. The summed E-state index contributed by atoms with van der Waals surface area (Å²) >= 11 is 0. The molecule has 0 aromatic heterocycles. The molecular weight excluding hydrogens is 344 g/mol. The zero-order valence-electron chi connectivity index (χ0n) is 18.0. The molecule has 156 valence electrons. The summed E-state index contributed by atoms with van der Waals surface area (Å²) in [5.41, 5.74) is 9.30. The topological polar surface area (TPSA) is 47.3 Å². The van der Waals surface area contributed by atoms with E-state index in [9.17, 15) is 0 Å². The molecule has 3 heteroatoms. The molecule has 1 aromatic carbocycles. The normalized spacial score (nSPS) is 33.8. The summed E-state index contributed by atoms with van der Waals surface area (Å²) in [6.45, 7) is 4.64. The van der Waals surface area contributed by atoms with E-state index >= 15 is 0 Å². The van der Waals surface area contributed by atoms with Crippen LogP contribution in [0.3, 0.4) is 0 Å². The Bertz CT molecular complexity index is 660. The molecule has 2 fully saturated rings. The lowest BCUT2D eigenvalue weighted by molar-refractivity contribution is 0.0412. The van der Waals surface area contributed by atoms with E-state index in [2.05, 4.69) is 30.4 Å². The molecule has 0 aliphatic heterocycles. The minimum absolute atomic E-state index is 0.502. The number of hydrogen-bond donors (Lipinski definition) is 2. The van der Waals surface area contributed by atoms with Crippen molar-refractivity contribution in [3.63, 3.8) is 0 Å². The summed E-state index contributed by atoms with van der Waals surface area (Å²) in [5, 5.41) is 3.98. The van der Waals surface area contributed by atoms with Gasteiger partial charge in [-0.05, 0) is 111 Å². The van der Waals surface area contributed by atoms with E-state index in [1.54, 1.807) is 18.2 Å². The summed E-state index contributed by atoms with van der Waals surface area (Å²) in [6.07, 6.45) is 13.3. The first-order chi connectivity index (χ1) is 13.7. The molecule has 0 heterocycles. The van der Waals surface area contributed by atoms with Crippen LogP contribution >= 0.6 is 0 Å². The minimum Gasteiger partial charge on any atom is -0.497 e. The molecule has 3 aliphatic carbocycles. The molecule has 3 aliphatic rings. The average molecular weight is 385 g/mol. The van der Waals surface area contributed by atoms with Crippen molar-refractivity contribution in [3.8, 4) is 5.75 Å². The van der Waals surface area contributed by atoms with Gasteiger partial charge >= 0.3 is 0 Å². The summed E-state index contributed by atoms with van der Waals surface area (Å²) < 4.78 is 5.47. The SMILES string of the molecule is COc1ccc2c(c1)CC[C@@H]1[C@@H]2CC[C@]2(C)[C@@H](NCCCCCCN)CC[C@@H]12. The zero-order valence-corrected chi connectivity index (χ0v) is 18.0. The fraction of sp³-hybridized carbons (Fsp3) is 0.760. The van der Waals surface area contributed by atoms with Gasteiger partial charge in [-0.2, -0.15) is 0 Å². The highest BCUT2D eigenvalue weighted by Gasteiger charge is 2.54. The van der Waals surface area contributed by atoms with Crippen LogP contribution in [0.1, 0.15) is 81.8 Å². The van der Waals surface area contributed by atoms with Gasteiger partial charge in [-0.3, -0.25) is 0 Å². The molecule has 5 atom stereocenters. The first-order valence-corrected chi connectivity index (χ1v) is 11.8. The van der Waals surface area contributed by atoms with E-state index < -0.39 is 0 Å². The van der Waals surface area contributed by atoms with E-state index in [-0.39, 0.29) is 0 Å². The van der Waals surface area contributed by atoms with Crippen LogP contribution in [0.25, 0.3) is 0 Å². The predicted molar refractivity (Wildman–Crippen MR) is 117 cm³/mol. The second-order valence-corrected chi connectivity index (χ2v) is 9.81. The number of unbranched alkanes of at least 4 members (excludes halogenated alkanes) is 3. The maximum Gasteiger partial charge on any atom is 0.119 e. The molecule has 2 saturated carbocycles. The summed E-state index contributed by atoms with van der Waals surface area (Å²) in [7, 11) is 1.78. The highest BCUT2D eigenvalue weighted by atomic mass is 16.5. The standard InChI is InChI=1S/C25H40N2O/c1-25-14-13-21-20-10-8-19(28-2)17-18(20)7-9-22(21)23(25)11-12-24(25)27-16-6-4-3-5-15-26/h8,10,17,21-24,27H,3-7,9,11-16,26H2,1-2H3/t21-,22-,23+,24+,25+/m1/s1. The number of hydrogen-bond acceptors (Lipinski definition) is 3. The minimum atomic E-state index is 0.502. The molecule has 28 heavy (non-hydrogen) atoms. The number of rotatable bonds is 8. The zero-order chi connectivity index (χ0) is 19.6. The molecular formula is C25H40N2O. The molecule has 0 saturated heterocycles. The van der Waals surface area contributed by atoms with Crippen LogP contribution in [0, 0.1) is 17.3 Å². The number of aryl methyl sites for hydroxylation is 1. The van der Waals surface area contributed by atoms with Crippen LogP contribution in [0.15, 0.2) is 18.2 Å². The number of benzene rings is 1. The Morgan fingerprint density at radius 3 is 2.79 bits per heavy atom. The third-order valence-electron chi connectivity index (χ3n) is 8.46. The van der Waals surface area contributed by atoms with Crippen molar-refractivity contribution in [2.45, 2.75) is 83.1 Å². The largest absolute Gasteiger partial charge is 0.497 e. The maximum atomic E-state index is 5.61. The molecule has 1 aromatic rings. The van der Waals surface area contributed by atoms with Crippen molar-refractivity contribution in [2.75, 3.05) is 20.2 Å². The molecule has 0 unspecified atom stereocenters. The summed E-state index contributed by atoms with van der Waals surface area (Å²) in [5.74, 6) is 3.59. The van der Waals surface area contributed by atoms with Gasteiger partial charge in [0, 0.05) is 6.04 Å². The average Bonchev–Trinajstić information content (AvgIpc) is 3.06. The highest BCUT2D eigenvalue weighted by molar-refractivity contribution is 5.40. The Morgan fingerprint density at radius 2 is 1.96 bits per heavy atom. The van der Waals surface area contributed by atoms with Crippen molar-refractivity contribution < 1.29 is 4.74 Å². The van der Waals surface area contributed by atoms with Gasteiger partial charge in [-0.1, -0.05) is 25.8 Å². The summed E-state index contributed by atoms with van der Waals surface area (Å²) in [6, 6.07) is 7.58. The Hall–Kier alpha value is -1.06. The second kappa shape index (κ2) is 8.75. The van der Waals surface area contributed by atoms with Gasteiger partial charge in [0.2, 0.25) is 0 Å². The highest BCUT2D eigenvalue weighted by Crippen LogP contribution is 2.60. The fourth-order valence-corrected chi connectivity index (χ4v) is 6.92. The molecule has 0 amide bonds. The first kappa shape index (κ1) is 20.2. The maximum absolute atomic E-state index is 5.61. The van der Waals surface area contributed by atoms with Crippen molar-refractivity contribution >= 4 is 0 Å². The van der Waals surface area contributed by atoms with Gasteiger partial charge in [-0.25, -0.2) is 0 Å². The van der Waals surface area contributed by atoms with Gasteiger partial charge in [0.15, 0.2) is 0 Å². The van der Waals surface area contributed by atoms with E-state index in [1.165, 1.54) is 70.8 Å². The fourth-order valence-electron chi connectivity index (χ4n) is 6.92. The smallest absolute Gasteiger partial charge is 0.119 e. The van der Waals surface area contributed by atoms with Crippen molar-refractivity contribution in [1.82, 2.24) is 5.32 Å². The molecule has 4 rings (SSSR count). The van der Waals surface area contributed by atoms with Gasteiger partial charge in [-0.15, -0.1) is 0 Å². The Balaban J connectivity index is 1.39. The van der Waals surface area contributed by atoms with E-state index in [0.29, 0.717) is 5.41 Å². The van der Waals surface area contributed by atoms with Crippen molar-refractivity contribution in [2.24, 2.45) is 23.0 Å². The van der Waals surface area contributed by atoms with Crippen LogP contribution in [0.2, 0.25) is 0 Å².